The van der Waals surface area contributed by atoms with Crippen molar-refractivity contribution in [3.8, 4) is 5.19 Å². The SMILES string of the molecule is CCOc1nnc(CN2CCO[C@@H](c3nc(C(C)C)n[nH]3)C2)s1. The minimum Gasteiger partial charge on any atom is -0.469 e. The van der Waals surface area contributed by atoms with E-state index >= 15 is 0 Å². The van der Waals surface area contributed by atoms with E-state index in [1.54, 1.807) is 0 Å². The number of ether oxygens (including phenoxy) is 2. The van der Waals surface area contributed by atoms with Crippen molar-refractivity contribution in [2.75, 3.05) is 26.3 Å². The van der Waals surface area contributed by atoms with Crippen molar-refractivity contribution < 1.29 is 9.47 Å². The maximum absolute atomic E-state index is 5.84. The first-order valence-electron chi connectivity index (χ1n) is 7.87. The Bertz CT molecular complexity index is 628. The Morgan fingerprint density at radius 2 is 2.30 bits per heavy atom. The molecule has 0 radical (unpaired) electrons. The van der Waals surface area contributed by atoms with Crippen molar-refractivity contribution in [1.82, 2.24) is 30.3 Å². The van der Waals surface area contributed by atoms with Gasteiger partial charge in [0.2, 0.25) is 0 Å². The number of morpholine rings is 1. The Morgan fingerprint density at radius 3 is 3.04 bits per heavy atom. The topological polar surface area (TPSA) is 89.1 Å². The first-order chi connectivity index (χ1) is 11.2. The van der Waals surface area contributed by atoms with Gasteiger partial charge in [-0.2, -0.15) is 5.10 Å². The molecule has 1 N–H and O–H groups in total. The molecule has 1 aliphatic heterocycles. The van der Waals surface area contributed by atoms with Crippen LogP contribution in [0.4, 0.5) is 0 Å². The molecule has 1 atom stereocenters. The fourth-order valence-electron chi connectivity index (χ4n) is 2.38. The summed E-state index contributed by atoms with van der Waals surface area (Å²) in [5.74, 6) is 1.93. The predicted octanol–water partition coefficient (Wildman–Crippen LogP) is 1.75. The molecule has 0 amide bonds. The van der Waals surface area contributed by atoms with Gasteiger partial charge in [-0.3, -0.25) is 10.00 Å². The van der Waals surface area contributed by atoms with Gasteiger partial charge in [0.25, 0.3) is 5.19 Å². The third-order valence-corrected chi connectivity index (χ3v) is 4.39. The van der Waals surface area contributed by atoms with Gasteiger partial charge in [0.1, 0.15) is 11.1 Å². The summed E-state index contributed by atoms with van der Waals surface area (Å²) in [5.41, 5.74) is 0. The lowest BCUT2D eigenvalue weighted by atomic mass is 10.2. The highest BCUT2D eigenvalue weighted by atomic mass is 32.1. The van der Waals surface area contributed by atoms with Gasteiger partial charge in [0.15, 0.2) is 11.6 Å². The maximum atomic E-state index is 5.84. The highest BCUT2D eigenvalue weighted by Gasteiger charge is 2.26. The van der Waals surface area contributed by atoms with Gasteiger partial charge in [-0.15, -0.1) is 10.2 Å². The van der Waals surface area contributed by atoms with E-state index in [1.165, 1.54) is 11.3 Å². The second-order valence-corrected chi connectivity index (χ2v) is 6.75. The van der Waals surface area contributed by atoms with Gasteiger partial charge in [0.05, 0.1) is 19.8 Å². The largest absolute Gasteiger partial charge is 0.469 e. The number of aromatic nitrogens is 5. The summed E-state index contributed by atoms with van der Waals surface area (Å²) in [5, 5.41) is 17.0. The molecule has 1 aliphatic rings. The molecule has 0 aliphatic carbocycles. The normalized spacial score (nSPS) is 19.4. The summed E-state index contributed by atoms with van der Waals surface area (Å²) >= 11 is 1.49. The van der Waals surface area contributed by atoms with Gasteiger partial charge < -0.3 is 9.47 Å². The lowest BCUT2D eigenvalue weighted by Gasteiger charge is -2.30. The van der Waals surface area contributed by atoms with Crippen LogP contribution in [0.2, 0.25) is 0 Å². The lowest BCUT2D eigenvalue weighted by molar-refractivity contribution is -0.0371. The molecule has 8 nitrogen and oxygen atoms in total. The summed E-state index contributed by atoms with van der Waals surface area (Å²) in [4.78, 5) is 6.83. The molecular weight excluding hydrogens is 316 g/mol. The van der Waals surface area contributed by atoms with E-state index in [2.05, 4.69) is 44.1 Å². The summed E-state index contributed by atoms with van der Waals surface area (Å²) in [7, 11) is 0. The number of nitrogens with one attached hydrogen (secondary N) is 1. The van der Waals surface area contributed by atoms with Gasteiger partial charge >= 0.3 is 0 Å². The maximum Gasteiger partial charge on any atom is 0.294 e. The monoisotopic (exact) mass is 338 g/mol. The molecule has 23 heavy (non-hydrogen) atoms. The number of nitrogens with zero attached hydrogens (tertiary/aromatic N) is 5. The van der Waals surface area contributed by atoms with Crippen LogP contribution >= 0.6 is 11.3 Å². The predicted molar refractivity (Wildman–Crippen MR) is 85.5 cm³/mol. The van der Waals surface area contributed by atoms with Crippen molar-refractivity contribution in [3.05, 3.63) is 16.7 Å². The van der Waals surface area contributed by atoms with E-state index in [4.69, 9.17) is 9.47 Å². The van der Waals surface area contributed by atoms with E-state index in [0.29, 0.717) is 24.3 Å². The second-order valence-electron chi connectivity index (χ2n) is 5.72. The molecule has 1 saturated heterocycles. The van der Waals surface area contributed by atoms with Crippen LogP contribution in [0.25, 0.3) is 0 Å². The van der Waals surface area contributed by atoms with E-state index in [1.807, 2.05) is 6.92 Å². The zero-order valence-corrected chi connectivity index (χ0v) is 14.5. The number of H-pyrrole nitrogens is 1. The number of rotatable bonds is 6. The van der Waals surface area contributed by atoms with Gasteiger partial charge in [-0.1, -0.05) is 25.2 Å². The van der Waals surface area contributed by atoms with Crippen molar-refractivity contribution in [2.24, 2.45) is 0 Å². The average molecular weight is 338 g/mol. The molecule has 0 unspecified atom stereocenters. The Labute approximate surface area is 139 Å². The Morgan fingerprint density at radius 1 is 1.43 bits per heavy atom. The van der Waals surface area contributed by atoms with Crippen molar-refractivity contribution >= 4 is 11.3 Å². The zero-order chi connectivity index (χ0) is 16.2. The first-order valence-corrected chi connectivity index (χ1v) is 8.68. The average Bonchev–Trinajstić information content (AvgIpc) is 3.17. The zero-order valence-electron chi connectivity index (χ0n) is 13.7. The van der Waals surface area contributed by atoms with Crippen LogP contribution in [-0.2, 0) is 11.3 Å². The van der Waals surface area contributed by atoms with Crippen molar-refractivity contribution in [1.29, 1.82) is 0 Å². The molecule has 3 heterocycles. The fourth-order valence-corrected chi connectivity index (χ4v) is 3.17. The van der Waals surface area contributed by atoms with Crippen LogP contribution < -0.4 is 4.74 Å². The molecule has 2 aromatic rings. The van der Waals surface area contributed by atoms with Gasteiger partial charge in [0, 0.05) is 19.0 Å². The van der Waals surface area contributed by atoms with E-state index in [0.717, 1.165) is 36.3 Å². The van der Waals surface area contributed by atoms with Crippen LogP contribution in [0.5, 0.6) is 5.19 Å². The van der Waals surface area contributed by atoms with Crippen molar-refractivity contribution in [3.63, 3.8) is 0 Å². The van der Waals surface area contributed by atoms with E-state index in [-0.39, 0.29) is 6.10 Å². The number of hydrogen-bond donors (Lipinski definition) is 1. The number of hydrogen-bond acceptors (Lipinski definition) is 8. The van der Waals surface area contributed by atoms with E-state index in [9.17, 15) is 0 Å². The van der Waals surface area contributed by atoms with Gasteiger partial charge in [-0.05, 0) is 6.92 Å². The van der Waals surface area contributed by atoms with Crippen molar-refractivity contribution in [2.45, 2.75) is 39.3 Å². The second kappa shape index (κ2) is 7.33. The number of aromatic amines is 1. The highest BCUT2D eigenvalue weighted by molar-refractivity contribution is 7.13. The summed E-state index contributed by atoms with van der Waals surface area (Å²) in [6.07, 6.45) is -0.0805. The molecule has 0 saturated carbocycles. The summed E-state index contributed by atoms with van der Waals surface area (Å²) in [6.45, 7) is 9.74. The first kappa shape index (κ1) is 16.3. The van der Waals surface area contributed by atoms with Crippen LogP contribution in [0.3, 0.4) is 0 Å². The molecule has 9 heteroatoms. The third kappa shape index (κ3) is 4.04. The summed E-state index contributed by atoms with van der Waals surface area (Å²) < 4.78 is 11.2. The highest BCUT2D eigenvalue weighted by Crippen LogP contribution is 2.24. The molecule has 126 valence electrons. The van der Waals surface area contributed by atoms with Crippen LogP contribution in [0, 0.1) is 0 Å². The molecule has 0 spiro atoms. The fraction of sp³-hybridized carbons (Fsp3) is 0.714. The minimum atomic E-state index is -0.0805. The Balaban J connectivity index is 1.60. The molecule has 3 rings (SSSR count). The smallest absolute Gasteiger partial charge is 0.294 e. The van der Waals surface area contributed by atoms with Gasteiger partial charge in [-0.25, -0.2) is 4.98 Å². The van der Waals surface area contributed by atoms with Crippen LogP contribution in [0.15, 0.2) is 0 Å². The van der Waals surface area contributed by atoms with E-state index < -0.39 is 0 Å². The molecule has 1 fully saturated rings. The third-order valence-electron chi connectivity index (χ3n) is 3.57. The molecule has 2 aromatic heterocycles. The Hall–Kier alpha value is -1.58. The van der Waals surface area contributed by atoms with Crippen LogP contribution in [-0.4, -0.2) is 56.6 Å². The quantitative estimate of drug-likeness (QED) is 0.858. The molecule has 0 aromatic carbocycles. The lowest BCUT2D eigenvalue weighted by Crippen LogP contribution is -2.38. The summed E-state index contributed by atoms with van der Waals surface area (Å²) in [6, 6.07) is 0. The van der Waals surface area contributed by atoms with Crippen LogP contribution in [0.1, 0.15) is 49.4 Å². The molecular formula is C14H22N6O2S. The Kier molecular flexibility index (Phi) is 5.19. The molecule has 0 bridgehead atoms. The minimum absolute atomic E-state index is 0.0805. The standard InChI is InChI=1S/C14H22N6O2S/c1-4-21-14-19-16-11(23-14)8-20-5-6-22-10(7-20)13-15-12(9(2)3)17-18-13/h9-10H,4-8H2,1-3H3,(H,15,17,18)/t10-/m1/s1.